The van der Waals surface area contributed by atoms with Gasteiger partial charge in [-0.1, -0.05) is 0 Å². The second-order valence-electron chi connectivity index (χ2n) is 3.58. The molecule has 0 saturated carbocycles. The molecule has 0 aliphatic carbocycles. The van der Waals surface area contributed by atoms with Crippen LogP contribution in [0.5, 0.6) is 0 Å². The predicted octanol–water partition coefficient (Wildman–Crippen LogP) is 0.397. The normalized spacial score (nSPS) is 12.9. The third kappa shape index (κ3) is 14.4. The molecular weight excluding hydrogens is 303 g/mol. The molecule has 92 valence electrons. The quantitative estimate of drug-likeness (QED) is 0.479. The number of hydrogen-bond donors (Lipinski definition) is 0. The summed E-state index contributed by atoms with van der Waals surface area (Å²) in [4.78, 5) is 0. The van der Waals surface area contributed by atoms with Crippen molar-refractivity contribution < 1.29 is 16.8 Å². The van der Waals surface area contributed by atoms with Crippen LogP contribution in [0.15, 0.2) is 0 Å². The SMILES string of the molecule is CS(=O)(=O)CCC[Se]CCCS(C)(=O)=O. The van der Waals surface area contributed by atoms with Crippen molar-refractivity contribution >= 4 is 34.6 Å². The van der Waals surface area contributed by atoms with Crippen LogP contribution in [0.3, 0.4) is 0 Å². The van der Waals surface area contributed by atoms with Crippen LogP contribution >= 0.6 is 0 Å². The molecule has 7 heteroatoms. The molecule has 0 heterocycles. The summed E-state index contributed by atoms with van der Waals surface area (Å²) < 4.78 is 43.1. The fraction of sp³-hybridized carbons (Fsp3) is 1.00. The predicted molar refractivity (Wildman–Crippen MR) is 64.0 cm³/mol. The molecular formula is C8H18O4S2Se. The molecule has 0 aromatic carbocycles. The fourth-order valence-electron chi connectivity index (χ4n) is 0.948. The van der Waals surface area contributed by atoms with Crippen LogP contribution in [-0.2, 0) is 19.7 Å². The standard InChI is InChI=1S/C8H18O4S2Se/c1-13(9,10)5-3-7-15-8-4-6-14(2,11)12/h3-8H2,1-2H3. The van der Waals surface area contributed by atoms with Crippen LogP contribution in [-0.4, -0.2) is 55.8 Å². The van der Waals surface area contributed by atoms with E-state index in [0.717, 1.165) is 10.6 Å². The third-order valence-corrected chi connectivity index (χ3v) is 6.09. The van der Waals surface area contributed by atoms with Crippen molar-refractivity contribution in [3.8, 4) is 0 Å². The average Bonchev–Trinajstić information content (AvgIpc) is 1.98. The van der Waals surface area contributed by atoms with Gasteiger partial charge in [-0.25, -0.2) is 0 Å². The summed E-state index contributed by atoms with van der Waals surface area (Å²) in [6.45, 7) is 0. The summed E-state index contributed by atoms with van der Waals surface area (Å²) in [6.07, 6.45) is 3.89. The molecule has 15 heavy (non-hydrogen) atoms. The number of rotatable bonds is 8. The number of hydrogen-bond acceptors (Lipinski definition) is 4. The third-order valence-electron chi connectivity index (χ3n) is 1.61. The summed E-state index contributed by atoms with van der Waals surface area (Å²) in [6, 6.07) is 0. The molecule has 0 spiro atoms. The minimum atomic E-state index is -2.83. The van der Waals surface area contributed by atoms with Crippen molar-refractivity contribution in [3.05, 3.63) is 0 Å². The van der Waals surface area contributed by atoms with E-state index in [1.807, 2.05) is 0 Å². The molecule has 4 nitrogen and oxygen atoms in total. The summed E-state index contributed by atoms with van der Waals surface area (Å²) in [5.74, 6) is 0.502. The van der Waals surface area contributed by atoms with Crippen LogP contribution in [0, 0.1) is 0 Å². The van der Waals surface area contributed by atoms with Crippen molar-refractivity contribution in [2.45, 2.75) is 23.5 Å². The van der Waals surface area contributed by atoms with Gasteiger partial charge in [0.25, 0.3) is 0 Å². The molecule has 0 unspecified atom stereocenters. The molecule has 0 fully saturated rings. The number of sulfone groups is 2. The van der Waals surface area contributed by atoms with E-state index < -0.39 is 19.7 Å². The second-order valence-corrected chi connectivity index (χ2v) is 10.7. The summed E-state index contributed by atoms with van der Waals surface area (Å²) in [5, 5.41) is 1.84. The summed E-state index contributed by atoms with van der Waals surface area (Å²) in [7, 11) is -5.65. The molecule has 0 aromatic heterocycles. The first kappa shape index (κ1) is 15.4. The van der Waals surface area contributed by atoms with Gasteiger partial charge in [-0.2, -0.15) is 0 Å². The molecule has 0 bridgehead atoms. The van der Waals surface area contributed by atoms with E-state index >= 15 is 0 Å². The van der Waals surface area contributed by atoms with Gasteiger partial charge in [0, 0.05) is 0 Å². The molecule has 0 rings (SSSR count). The first-order valence-electron chi connectivity index (χ1n) is 4.64. The zero-order valence-electron chi connectivity index (χ0n) is 9.10. The van der Waals surface area contributed by atoms with Gasteiger partial charge in [0.05, 0.1) is 0 Å². The Balaban J connectivity index is 3.34. The van der Waals surface area contributed by atoms with E-state index in [1.54, 1.807) is 0 Å². The Morgan fingerprint density at radius 3 is 1.40 bits per heavy atom. The molecule has 0 radical (unpaired) electrons. The van der Waals surface area contributed by atoms with Gasteiger partial charge in [0.2, 0.25) is 0 Å². The van der Waals surface area contributed by atoms with E-state index in [9.17, 15) is 16.8 Å². The molecule has 0 aromatic rings. The molecule has 0 aliphatic rings. The topological polar surface area (TPSA) is 68.3 Å². The van der Waals surface area contributed by atoms with Crippen molar-refractivity contribution in [1.82, 2.24) is 0 Å². The van der Waals surface area contributed by atoms with Gasteiger partial charge < -0.3 is 0 Å². The fourth-order valence-corrected chi connectivity index (χ4v) is 5.00. The maximum absolute atomic E-state index is 10.8. The molecule has 0 N–H and O–H groups in total. The monoisotopic (exact) mass is 322 g/mol. The zero-order chi connectivity index (χ0) is 11.9. The Hall–Kier alpha value is 0.419. The van der Waals surface area contributed by atoms with E-state index in [-0.39, 0.29) is 11.5 Å². The average molecular weight is 321 g/mol. The zero-order valence-corrected chi connectivity index (χ0v) is 12.4. The van der Waals surface area contributed by atoms with E-state index in [4.69, 9.17) is 0 Å². The van der Waals surface area contributed by atoms with Gasteiger partial charge in [-0.15, -0.1) is 0 Å². The van der Waals surface area contributed by atoms with Gasteiger partial charge in [0.15, 0.2) is 0 Å². The van der Waals surface area contributed by atoms with Gasteiger partial charge in [0.1, 0.15) is 0 Å². The van der Waals surface area contributed by atoms with Crippen LogP contribution in [0.1, 0.15) is 12.8 Å². The summed E-state index contributed by atoms with van der Waals surface area (Å²) >= 11 is 0.384. The molecule has 0 saturated heterocycles. The Morgan fingerprint density at radius 2 is 1.13 bits per heavy atom. The van der Waals surface area contributed by atoms with Gasteiger partial charge >= 0.3 is 99.0 Å². The van der Waals surface area contributed by atoms with Gasteiger partial charge in [-0.05, 0) is 0 Å². The Morgan fingerprint density at radius 1 is 0.800 bits per heavy atom. The van der Waals surface area contributed by atoms with Crippen LogP contribution in [0.2, 0.25) is 10.6 Å². The summed E-state index contributed by atoms with van der Waals surface area (Å²) in [5.41, 5.74) is 0. The van der Waals surface area contributed by atoms with E-state index in [0.29, 0.717) is 27.8 Å². The maximum atomic E-state index is 10.8. The van der Waals surface area contributed by atoms with Crippen molar-refractivity contribution in [3.63, 3.8) is 0 Å². The van der Waals surface area contributed by atoms with Crippen LogP contribution < -0.4 is 0 Å². The van der Waals surface area contributed by atoms with Crippen LogP contribution in [0.25, 0.3) is 0 Å². The van der Waals surface area contributed by atoms with Crippen molar-refractivity contribution in [1.29, 1.82) is 0 Å². The van der Waals surface area contributed by atoms with Gasteiger partial charge in [-0.3, -0.25) is 0 Å². The van der Waals surface area contributed by atoms with Crippen LogP contribution in [0.4, 0.5) is 0 Å². The molecule has 0 aliphatic heterocycles. The first-order valence-corrected chi connectivity index (χ1v) is 11.2. The Labute approximate surface area is 98.8 Å². The minimum absolute atomic E-state index is 0.251. The molecule has 0 amide bonds. The Bertz CT molecular complexity index is 322. The Kier molecular flexibility index (Phi) is 7.08. The second kappa shape index (κ2) is 6.89. The van der Waals surface area contributed by atoms with E-state index in [2.05, 4.69) is 0 Å². The molecule has 0 atom stereocenters. The first-order chi connectivity index (χ1) is 6.71. The van der Waals surface area contributed by atoms with Crippen molar-refractivity contribution in [2.75, 3.05) is 24.0 Å². The van der Waals surface area contributed by atoms with E-state index in [1.165, 1.54) is 12.5 Å². The van der Waals surface area contributed by atoms with Crippen molar-refractivity contribution in [2.24, 2.45) is 0 Å².